The second-order valence-corrected chi connectivity index (χ2v) is 4.46. The molecule has 0 aliphatic rings. The van der Waals surface area contributed by atoms with Gasteiger partial charge in [-0.2, -0.15) is 0 Å². The van der Waals surface area contributed by atoms with E-state index in [0.29, 0.717) is 12.2 Å². The third-order valence-corrected chi connectivity index (χ3v) is 2.80. The zero-order valence-corrected chi connectivity index (χ0v) is 11.4. The molecule has 1 aromatic carbocycles. The number of carbonyl (C=O) groups is 1. The molecule has 0 aromatic heterocycles. The maximum atomic E-state index is 13.2. The number of hydrogen-bond donors (Lipinski definition) is 0. The van der Waals surface area contributed by atoms with Gasteiger partial charge in [0, 0.05) is 11.1 Å². The van der Waals surface area contributed by atoms with Gasteiger partial charge < -0.3 is 4.74 Å². The van der Waals surface area contributed by atoms with Crippen LogP contribution in [0.15, 0.2) is 18.2 Å². The van der Waals surface area contributed by atoms with Crippen molar-refractivity contribution >= 4 is 35.2 Å². The average Bonchev–Trinajstić information content (AvgIpc) is 2.32. The van der Waals surface area contributed by atoms with Crippen LogP contribution in [0.3, 0.4) is 0 Å². The first-order chi connectivity index (χ1) is 8.54. The lowest BCUT2D eigenvalue weighted by molar-refractivity contribution is -0.137. The SMILES string of the molecule is CCCCOC(=O)C=Cc1cc(F)c(Cl)cc1Cl. The molecule has 0 radical (unpaired) electrons. The van der Waals surface area contributed by atoms with Crippen molar-refractivity contribution in [3.05, 3.63) is 39.6 Å². The van der Waals surface area contributed by atoms with Crippen LogP contribution in [0, 0.1) is 5.82 Å². The summed E-state index contributed by atoms with van der Waals surface area (Å²) < 4.78 is 18.1. The maximum Gasteiger partial charge on any atom is 0.330 e. The van der Waals surface area contributed by atoms with Crippen molar-refractivity contribution in [3.8, 4) is 0 Å². The van der Waals surface area contributed by atoms with Gasteiger partial charge in [-0.05, 0) is 30.2 Å². The van der Waals surface area contributed by atoms with Gasteiger partial charge in [0.05, 0.1) is 11.6 Å². The van der Waals surface area contributed by atoms with Crippen molar-refractivity contribution in [2.24, 2.45) is 0 Å². The summed E-state index contributed by atoms with van der Waals surface area (Å²) in [5, 5.41) is 0.224. The number of unbranched alkanes of at least 4 members (excludes halogenated alkanes) is 1. The van der Waals surface area contributed by atoms with E-state index in [2.05, 4.69) is 0 Å². The van der Waals surface area contributed by atoms with Crippen LogP contribution in [0.4, 0.5) is 4.39 Å². The van der Waals surface area contributed by atoms with Crippen molar-refractivity contribution in [1.82, 2.24) is 0 Å². The third-order valence-electron chi connectivity index (χ3n) is 2.18. The molecular weight excluding hydrogens is 278 g/mol. The van der Waals surface area contributed by atoms with Gasteiger partial charge >= 0.3 is 5.97 Å². The largest absolute Gasteiger partial charge is 0.463 e. The van der Waals surface area contributed by atoms with E-state index < -0.39 is 11.8 Å². The number of carbonyl (C=O) groups excluding carboxylic acids is 1. The minimum Gasteiger partial charge on any atom is -0.463 e. The highest BCUT2D eigenvalue weighted by Crippen LogP contribution is 2.25. The molecule has 1 rings (SSSR count). The van der Waals surface area contributed by atoms with Gasteiger partial charge in [0.2, 0.25) is 0 Å². The molecule has 0 bridgehead atoms. The van der Waals surface area contributed by atoms with Gasteiger partial charge in [0.1, 0.15) is 5.82 Å². The van der Waals surface area contributed by atoms with E-state index in [4.69, 9.17) is 27.9 Å². The first-order valence-corrected chi connectivity index (χ1v) is 6.29. The maximum absolute atomic E-state index is 13.2. The van der Waals surface area contributed by atoms with Gasteiger partial charge in [-0.15, -0.1) is 0 Å². The van der Waals surface area contributed by atoms with Gasteiger partial charge in [-0.3, -0.25) is 0 Å². The predicted octanol–water partition coefficient (Wildman–Crippen LogP) is 4.49. The summed E-state index contributed by atoms with van der Waals surface area (Å²) in [5.41, 5.74) is 0.381. The van der Waals surface area contributed by atoms with Crippen LogP contribution in [0.5, 0.6) is 0 Å². The first kappa shape index (κ1) is 15.0. The fourth-order valence-electron chi connectivity index (χ4n) is 1.19. The van der Waals surface area contributed by atoms with Crippen LogP contribution in [-0.4, -0.2) is 12.6 Å². The molecule has 0 aliphatic carbocycles. The van der Waals surface area contributed by atoms with Gasteiger partial charge in [0.15, 0.2) is 0 Å². The Balaban J connectivity index is 2.66. The Kier molecular flexibility index (Phi) is 6.16. The molecule has 0 saturated heterocycles. The lowest BCUT2D eigenvalue weighted by Gasteiger charge is -2.01. The summed E-state index contributed by atoms with van der Waals surface area (Å²) in [6.45, 7) is 2.38. The summed E-state index contributed by atoms with van der Waals surface area (Å²) in [4.78, 5) is 11.3. The Morgan fingerprint density at radius 2 is 2.11 bits per heavy atom. The van der Waals surface area contributed by atoms with Crippen LogP contribution in [0.25, 0.3) is 6.08 Å². The standard InChI is InChI=1S/C13H13Cl2FO2/c1-2-3-6-18-13(17)5-4-9-7-12(16)11(15)8-10(9)14/h4-5,7-8H,2-3,6H2,1H3. The molecule has 0 heterocycles. The second kappa shape index (κ2) is 7.39. The lowest BCUT2D eigenvalue weighted by Crippen LogP contribution is -2.01. The smallest absolute Gasteiger partial charge is 0.330 e. The number of hydrogen-bond acceptors (Lipinski definition) is 2. The number of ether oxygens (including phenoxy) is 1. The minimum atomic E-state index is -0.583. The summed E-state index contributed by atoms with van der Waals surface area (Å²) in [5.74, 6) is -1.06. The molecule has 98 valence electrons. The highest BCUT2D eigenvalue weighted by atomic mass is 35.5. The molecule has 0 spiro atoms. The van der Waals surface area contributed by atoms with E-state index in [9.17, 15) is 9.18 Å². The van der Waals surface area contributed by atoms with Crippen LogP contribution >= 0.6 is 23.2 Å². The number of benzene rings is 1. The molecule has 18 heavy (non-hydrogen) atoms. The fourth-order valence-corrected chi connectivity index (χ4v) is 1.63. The average molecular weight is 291 g/mol. The molecule has 2 nitrogen and oxygen atoms in total. The van der Waals surface area contributed by atoms with Crippen LogP contribution in [0.2, 0.25) is 10.0 Å². The molecule has 0 unspecified atom stereocenters. The minimum absolute atomic E-state index is 0.0531. The van der Waals surface area contributed by atoms with Crippen molar-refractivity contribution in [2.45, 2.75) is 19.8 Å². The summed E-state index contributed by atoms with van der Waals surface area (Å²) >= 11 is 11.4. The van der Waals surface area contributed by atoms with Crippen LogP contribution in [0.1, 0.15) is 25.3 Å². The van der Waals surface area contributed by atoms with Gasteiger partial charge in [-0.25, -0.2) is 9.18 Å². The highest BCUT2D eigenvalue weighted by molar-refractivity contribution is 6.35. The van der Waals surface area contributed by atoms with E-state index in [1.54, 1.807) is 0 Å². The van der Waals surface area contributed by atoms with Crippen LogP contribution in [-0.2, 0) is 9.53 Å². The van der Waals surface area contributed by atoms with E-state index >= 15 is 0 Å². The predicted molar refractivity (Wildman–Crippen MR) is 71.3 cm³/mol. The Bertz CT molecular complexity index is 459. The molecule has 0 N–H and O–H groups in total. The number of esters is 1. The topological polar surface area (TPSA) is 26.3 Å². The normalized spacial score (nSPS) is 10.9. The van der Waals surface area contributed by atoms with E-state index in [0.717, 1.165) is 12.8 Å². The Labute approximate surface area is 115 Å². The van der Waals surface area contributed by atoms with Crippen molar-refractivity contribution in [2.75, 3.05) is 6.61 Å². The Hall–Kier alpha value is -1.06. The molecule has 0 saturated carbocycles. The molecule has 5 heteroatoms. The highest BCUT2D eigenvalue weighted by Gasteiger charge is 2.05. The van der Waals surface area contributed by atoms with Crippen molar-refractivity contribution < 1.29 is 13.9 Å². The molecule has 0 amide bonds. The summed E-state index contributed by atoms with van der Waals surface area (Å²) in [7, 11) is 0. The monoisotopic (exact) mass is 290 g/mol. The third kappa shape index (κ3) is 4.67. The summed E-state index contributed by atoms with van der Waals surface area (Å²) in [6.07, 6.45) is 4.38. The molecule has 0 aliphatic heterocycles. The quantitative estimate of drug-likeness (QED) is 0.346. The molecule has 1 aromatic rings. The van der Waals surface area contributed by atoms with E-state index in [1.807, 2.05) is 6.92 Å². The molecule has 0 fully saturated rings. The van der Waals surface area contributed by atoms with Gasteiger partial charge in [0.25, 0.3) is 0 Å². The van der Waals surface area contributed by atoms with E-state index in [-0.39, 0.29) is 10.0 Å². The van der Waals surface area contributed by atoms with Gasteiger partial charge in [-0.1, -0.05) is 36.5 Å². The molecule has 0 atom stereocenters. The summed E-state index contributed by atoms with van der Waals surface area (Å²) in [6, 6.07) is 2.46. The van der Waals surface area contributed by atoms with E-state index in [1.165, 1.54) is 24.3 Å². The van der Waals surface area contributed by atoms with Crippen molar-refractivity contribution in [1.29, 1.82) is 0 Å². The number of rotatable bonds is 5. The zero-order chi connectivity index (χ0) is 13.5. The second-order valence-electron chi connectivity index (χ2n) is 3.64. The Morgan fingerprint density at radius 1 is 1.39 bits per heavy atom. The fraction of sp³-hybridized carbons (Fsp3) is 0.308. The number of halogens is 3. The zero-order valence-electron chi connectivity index (χ0n) is 9.88. The first-order valence-electron chi connectivity index (χ1n) is 5.54. The van der Waals surface area contributed by atoms with Crippen molar-refractivity contribution in [3.63, 3.8) is 0 Å². The van der Waals surface area contributed by atoms with Crippen LogP contribution < -0.4 is 0 Å². The molecular formula is C13H13Cl2FO2. The lowest BCUT2D eigenvalue weighted by atomic mass is 10.2. The Morgan fingerprint density at radius 3 is 2.78 bits per heavy atom.